The van der Waals surface area contributed by atoms with E-state index in [-0.39, 0.29) is 17.3 Å². The number of halogens is 1. The predicted molar refractivity (Wildman–Crippen MR) is 97.5 cm³/mol. The Bertz CT molecular complexity index is 861. The SMILES string of the molecule is C[C@H]1CC2=C3C(=C(c4cn[nH]c4)SC3C(=O)N=C2CN2CC[C@H](F)C2)O1. The van der Waals surface area contributed by atoms with Crippen molar-refractivity contribution in [2.45, 2.75) is 37.3 Å². The molecular formula is C18H19FN4O2S. The molecule has 26 heavy (non-hydrogen) atoms. The van der Waals surface area contributed by atoms with Crippen LogP contribution in [0.1, 0.15) is 25.3 Å². The molecule has 0 radical (unpaired) electrons. The smallest absolute Gasteiger partial charge is 0.264 e. The van der Waals surface area contributed by atoms with Crippen molar-refractivity contribution < 1.29 is 13.9 Å². The summed E-state index contributed by atoms with van der Waals surface area (Å²) in [5, 5.41) is 6.50. The highest BCUT2D eigenvalue weighted by Gasteiger charge is 2.46. The average Bonchev–Trinajstić information content (AvgIpc) is 3.32. The van der Waals surface area contributed by atoms with E-state index in [9.17, 15) is 9.18 Å². The maximum absolute atomic E-state index is 13.5. The molecule has 5 heterocycles. The number of hydrogen-bond acceptors (Lipinski definition) is 5. The number of aromatic amines is 1. The molecule has 5 rings (SSSR count). The molecule has 3 atom stereocenters. The van der Waals surface area contributed by atoms with Crippen LogP contribution in [0.25, 0.3) is 4.91 Å². The highest BCUT2D eigenvalue weighted by molar-refractivity contribution is 8.10. The number of thioether (sulfide) groups is 1. The molecule has 8 heteroatoms. The van der Waals surface area contributed by atoms with Crippen LogP contribution < -0.4 is 0 Å². The number of nitrogens with one attached hydrogen (secondary N) is 1. The molecule has 1 unspecified atom stereocenters. The number of carbonyl (C=O) groups excluding carboxylic acids is 1. The van der Waals surface area contributed by atoms with Crippen LogP contribution in [0, 0.1) is 0 Å². The second kappa shape index (κ2) is 6.06. The molecule has 1 saturated heterocycles. The summed E-state index contributed by atoms with van der Waals surface area (Å²) in [5.41, 5.74) is 3.79. The Balaban J connectivity index is 1.56. The average molecular weight is 374 g/mol. The number of alkyl halides is 1. The predicted octanol–water partition coefficient (Wildman–Crippen LogP) is 2.32. The van der Waals surface area contributed by atoms with Crippen molar-refractivity contribution in [1.82, 2.24) is 15.1 Å². The molecule has 0 saturated carbocycles. The molecule has 4 aliphatic heterocycles. The molecule has 136 valence electrons. The van der Waals surface area contributed by atoms with Crippen LogP contribution in [0.15, 0.2) is 34.3 Å². The van der Waals surface area contributed by atoms with Gasteiger partial charge in [0.05, 0.1) is 16.8 Å². The zero-order valence-electron chi connectivity index (χ0n) is 14.4. The lowest BCUT2D eigenvalue weighted by Gasteiger charge is -2.32. The number of rotatable bonds is 3. The van der Waals surface area contributed by atoms with Crippen LogP contribution in [0.5, 0.6) is 0 Å². The number of ether oxygens (including phenoxy) is 1. The highest BCUT2D eigenvalue weighted by atomic mass is 32.2. The second-order valence-electron chi connectivity index (χ2n) is 7.19. The number of amides is 1. The Morgan fingerprint density at radius 3 is 3.12 bits per heavy atom. The molecule has 1 amide bonds. The Morgan fingerprint density at radius 1 is 1.50 bits per heavy atom. The summed E-state index contributed by atoms with van der Waals surface area (Å²) in [6.07, 6.45) is 4.07. The van der Waals surface area contributed by atoms with Gasteiger partial charge in [-0.1, -0.05) is 0 Å². The van der Waals surface area contributed by atoms with Gasteiger partial charge in [0.15, 0.2) is 0 Å². The van der Waals surface area contributed by atoms with Gasteiger partial charge in [-0.25, -0.2) is 9.38 Å². The van der Waals surface area contributed by atoms with Gasteiger partial charge in [-0.15, -0.1) is 11.8 Å². The number of H-pyrrole nitrogens is 1. The number of aromatic nitrogens is 2. The Hall–Kier alpha value is -1.93. The van der Waals surface area contributed by atoms with Gasteiger partial charge in [-0.3, -0.25) is 14.8 Å². The third kappa shape index (κ3) is 2.54. The third-order valence-corrected chi connectivity index (χ3v) is 6.58. The minimum atomic E-state index is -0.779. The van der Waals surface area contributed by atoms with E-state index in [1.165, 1.54) is 11.8 Å². The molecule has 4 aliphatic rings. The summed E-state index contributed by atoms with van der Waals surface area (Å²) in [6.45, 7) is 3.69. The lowest BCUT2D eigenvalue weighted by molar-refractivity contribution is -0.116. The topological polar surface area (TPSA) is 70.6 Å². The van der Waals surface area contributed by atoms with E-state index >= 15 is 0 Å². The summed E-state index contributed by atoms with van der Waals surface area (Å²) in [5.74, 6) is 0.648. The fourth-order valence-electron chi connectivity index (χ4n) is 4.08. The van der Waals surface area contributed by atoms with Gasteiger partial charge in [0.2, 0.25) is 0 Å². The van der Waals surface area contributed by atoms with Gasteiger partial charge in [0, 0.05) is 43.4 Å². The third-order valence-electron chi connectivity index (χ3n) is 5.25. The standard InChI is InChI=1S/C18H19FN4O2S/c1-9-4-12-13(8-23-3-2-11(19)7-23)22-18(24)17-14(12)15(25-9)16(26-17)10-5-20-21-6-10/h5-6,9,11,17H,2-4,7-8H2,1H3,(H,20,21)/t9-,11-,17?/m0/s1. The largest absolute Gasteiger partial charge is 0.489 e. The van der Waals surface area contributed by atoms with Gasteiger partial charge >= 0.3 is 0 Å². The number of nitrogens with zero attached hydrogens (tertiary/aromatic N) is 3. The van der Waals surface area contributed by atoms with Crippen LogP contribution in [0.3, 0.4) is 0 Å². The lowest BCUT2D eigenvalue weighted by Crippen LogP contribution is -2.37. The summed E-state index contributed by atoms with van der Waals surface area (Å²) in [6, 6.07) is 0. The number of hydrogen-bond donors (Lipinski definition) is 1. The van der Waals surface area contributed by atoms with Crippen LogP contribution in [0.4, 0.5) is 4.39 Å². The minimum absolute atomic E-state index is 0.0101. The Kier molecular flexibility index (Phi) is 3.79. The van der Waals surface area contributed by atoms with Crippen molar-refractivity contribution in [3.8, 4) is 0 Å². The van der Waals surface area contributed by atoms with E-state index in [0.29, 0.717) is 26.1 Å². The van der Waals surface area contributed by atoms with Gasteiger partial charge in [0.25, 0.3) is 5.91 Å². The minimum Gasteiger partial charge on any atom is -0.489 e. The first-order valence-corrected chi connectivity index (χ1v) is 9.76. The van der Waals surface area contributed by atoms with Crippen molar-refractivity contribution in [2.75, 3.05) is 19.6 Å². The zero-order valence-corrected chi connectivity index (χ0v) is 15.2. The van der Waals surface area contributed by atoms with Crippen molar-refractivity contribution in [2.24, 2.45) is 4.99 Å². The monoisotopic (exact) mass is 374 g/mol. The van der Waals surface area contributed by atoms with Crippen molar-refractivity contribution in [3.63, 3.8) is 0 Å². The maximum atomic E-state index is 13.5. The normalized spacial score (nSPS) is 31.4. The van der Waals surface area contributed by atoms with E-state index < -0.39 is 6.17 Å². The maximum Gasteiger partial charge on any atom is 0.264 e. The second-order valence-corrected chi connectivity index (χ2v) is 8.30. The summed E-state index contributed by atoms with van der Waals surface area (Å²) in [7, 11) is 0. The quantitative estimate of drug-likeness (QED) is 0.879. The zero-order chi connectivity index (χ0) is 17.8. The molecule has 6 nitrogen and oxygen atoms in total. The highest BCUT2D eigenvalue weighted by Crippen LogP contribution is 2.53. The first-order chi connectivity index (χ1) is 12.6. The molecule has 1 aromatic rings. The van der Waals surface area contributed by atoms with E-state index in [1.807, 2.05) is 18.0 Å². The van der Waals surface area contributed by atoms with E-state index in [0.717, 1.165) is 39.5 Å². The fraction of sp³-hybridized carbons (Fsp3) is 0.500. The Morgan fingerprint density at radius 2 is 2.38 bits per heavy atom. The number of carbonyl (C=O) groups is 1. The van der Waals surface area contributed by atoms with Crippen molar-refractivity contribution >= 4 is 28.3 Å². The fourth-order valence-corrected chi connectivity index (χ4v) is 5.35. The van der Waals surface area contributed by atoms with Crippen molar-refractivity contribution in [1.29, 1.82) is 0 Å². The Labute approximate surface area is 154 Å². The van der Waals surface area contributed by atoms with Gasteiger partial charge < -0.3 is 4.74 Å². The molecule has 0 aromatic carbocycles. The van der Waals surface area contributed by atoms with Crippen LogP contribution in [-0.4, -0.2) is 63.9 Å². The molecule has 1 fully saturated rings. The van der Waals surface area contributed by atoms with E-state index in [4.69, 9.17) is 4.74 Å². The van der Waals surface area contributed by atoms with E-state index in [1.54, 1.807) is 6.20 Å². The number of aliphatic imine (C=N–C) groups is 1. The van der Waals surface area contributed by atoms with Gasteiger partial charge in [0.1, 0.15) is 23.3 Å². The molecule has 1 aromatic heterocycles. The molecule has 0 bridgehead atoms. The summed E-state index contributed by atoms with van der Waals surface area (Å²) >= 11 is 1.49. The molecule has 0 aliphatic carbocycles. The summed E-state index contributed by atoms with van der Waals surface area (Å²) in [4.78, 5) is 20.1. The first kappa shape index (κ1) is 16.3. The van der Waals surface area contributed by atoms with Gasteiger partial charge in [-0.05, 0) is 18.9 Å². The number of allylic oxidation sites excluding steroid dienone is 1. The molecule has 0 spiro atoms. The van der Waals surface area contributed by atoms with Crippen LogP contribution in [0.2, 0.25) is 0 Å². The molecule has 1 N–H and O–H groups in total. The van der Waals surface area contributed by atoms with Crippen LogP contribution >= 0.6 is 11.8 Å². The van der Waals surface area contributed by atoms with Crippen LogP contribution in [-0.2, 0) is 9.53 Å². The summed E-state index contributed by atoms with van der Waals surface area (Å²) < 4.78 is 19.7. The van der Waals surface area contributed by atoms with Crippen molar-refractivity contribution in [3.05, 3.63) is 34.9 Å². The lowest BCUT2D eigenvalue weighted by atomic mass is 9.88. The number of likely N-dealkylation sites (tertiary alicyclic amines) is 1. The molecular weight excluding hydrogens is 355 g/mol. The first-order valence-electron chi connectivity index (χ1n) is 8.88. The number of dihydropyridines is 1. The van der Waals surface area contributed by atoms with Gasteiger partial charge in [-0.2, -0.15) is 5.10 Å². The van der Waals surface area contributed by atoms with E-state index in [2.05, 4.69) is 15.2 Å².